The molecule has 0 spiro atoms. The molecule has 0 aromatic carbocycles. The van der Waals surface area contributed by atoms with E-state index in [-0.39, 0.29) is 5.91 Å². The van der Waals surface area contributed by atoms with Gasteiger partial charge in [-0.2, -0.15) is 0 Å². The van der Waals surface area contributed by atoms with E-state index >= 15 is 0 Å². The van der Waals surface area contributed by atoms with Gasteiger partial charge >= 0.3 is 0 Å². The van der Waals surface area contributed by atoms with Crippen LogP contribution < -0.4 is 10.6 Å². The van der Waals surface area contributed by atoms with Crippen LogP contribution in [0.4, 0.5) is 0 Å². The first-order valence-corrected chi connectivity index (χ1v) is 5.74. The first kappa shape index (κ1) is 12.5. The van der Waals surface area contributed by atoms with Gasteiger partial charge in [-0.3, -0.25) is 4.79 Å². The van der Waals surface area contributed by atoms with E-state index in [0.29, 0.717) is 25.1 Å². The molecular formula is C11H22N2O2. The van der Waals surface area contributed by atoms with Crippen LogP contribution in [0.2, 0.25) is 0 Å². The molecule has 1 heterocycles. The average molecular weight is 214 g/mol. The highest BCUT2D eigenvalue weighted by Gasteiger charge is 2.17. The maximum absolute atomic E-state index is 11.3. The molecule has 1 fully saturated rings. The molecule has 0 radical (unpaired) electrons. The molecule has 0 bridgehead atoms. The van der Waals surface area contributed by atoms with E-state index < -0.39 is 0 Å². The van der Waals surface area contributed by atoms with Gasteiger partial charge < -0.3 is 15.4 Å². The van der Waals surface area contributed by atoms with Gasteiger partial charge in [0, 0.05) is 32.2 Å². The first-order chi connectivity index (χ1) is 7.22. The summed E-state index contributed by atoms with van der Waals surface area (Å²) in [5.41, 5.74) is 0. The number of hydrogen-bond acceptors (Lipinski definition) is 3. The number of rotatable bonds is 5. The molecule has 1 amide bonds. The lowest BCUT2D eigenvalue weighted by Crippen LogP contribution is -2.47. The van der Waals surface area contributed by atoms with E-state index in [2.05, 4.69) is 17.6 Å². The average Bonchev–Trinajstić information content (AvgIpc) is 2.23. The fraction of sp³-hybridized carbons (Fsp3) is 0.909. The van der Waals surface area contributed by atoms with Gasteiger partial charge in [-0.25, -0.2) is 0 Å². The number of piperidine rings is 1. The molecule has 88 valence electrons. The monoisotopic (exact) mass is 214 g/mol. The van der Waals surface area contributed by atoms with Gasteiger partial charge in [0.25, 0.3) is 0 Å². The molecule has 0 aliphatic carbocycles. The van der Waals surface area contributed by atoms with Gasteiger partial charge in [-0.15, -0.1) is 0 Å². The van der Waals surface area contributed by atoms with Crippen LogP contribution in [0.3, 0.4) is 0 Å². The minimum atomic E-state index is 0.0804. The first-order valence-electron chi connectivity index (χ1n) is 5.74. The Hall–Kier alpha value is -0.610. The number of amides is 1. The Morgan fingerprint density at radius 3 is 3.00 bits per heavy atom. The summed E-state index contributed by atoms with van der Waals surface area (Å²) >= 11 is 0. The Balaban J connectivity index is 2.10. The van der Waals surface area contributed by atoms with E-state index in [1.807, 2.05) is 0 Å². The predicted molar refractivity (Wildman–Crippen MR) is 59.7 cm³/mol. The third-order valence-electron chi connectivity index (χ3n) is 2.79. The Morgan fingerprint density at radius 1 is 1.53 bits per heavy atom. The molecule has 2 atom stereocenters. The molecule has 1 rings (SSSR count). The van der Waals surface area contributed by atoms with Crippen molar-refractivity contribution in [2.24, 2.45) is 0 Å². The fourth-order valence-corrected chi connectivity index (χ4v) is 1.92. The summed E-state index contributed by atoms with van der Waals surface area (Å²) in [5.74, 6) is 0.0804. The summed E-state index contributed by atoms with van der Waals surface area (Å²) in [6, 6.07) is 1.03. The molecule has 2 unspecified atom stereocenters. The van der Waals surface area contributed by atoms with Crippen molar-refractivity contribution >= 4 is 5.91 Å². The normalized spacial score (nSPS) is 26.3. The predicted octanol–water partition coefficient (Wildman–Crippen LogP) is 0.670. The lowest BCUT2D eigenvalue weighted by atomic mass is 10.00. The second kappa shape index (κ2) is 6.80. The maximum atomic E-state index is 11.3. The van der Waals surface area contributed by atoms with Crippen molar-refractivity contribution in [1.82, 2.24) is 10.6 Å². The van der Waals surface area contributed by atoms with Crippen molar-refractivity contribution < 1.29 is 9.53 Å². The topological polar surface area (TPSA) is 50.4 Å². The summed E-state index contributed by atoms with van der Waals surface area (Å²) in [7, 11) is 1.61. The zero-order chi connectivity index (χ0) is 11.1. The fourth-order valence-electron chi connectivity index (χ4n) is 1.92. The molecule has 1 aliphatic heterocycles. The van der Waals surface area contributed by atoms with Gasteiger partial charge in [0.1, 0.15) is 0 Å². The van der Waals surface area contributed by atoms with Crippen LogP contribution in [0.15, 0.2) is 0 Å². The number of carbonyl (C=O) groups excluding carboxylic acids is 1. The van der Waals surface area contributed by atoms with E-state index in [0.717, 1.165) is 13.0 Å². The minimum absolute atomic E-state index is 0.0804. The van der Waals surface area contributed by atoms with Gasteiger partial charge in [-0.05, 0) is 19.8 Å². The Bertz CT molecular complexity index is 197. The number of carbonyl (C=O) groups is 1. The maximum Gasteiger partial charge on any atom is 0.222 e. The minimum Gasteiger partial charge on any atom is -0.384 e. The number of hydrogen-bond donors (Lipinski definition) is 2. The molecule has 1 saturated heterocycles. The third-order valence-corrected chi connectivity index (χ3v) is 2.79. The van der Waals surface area contributed by atoms with Crippen molar-refractivity contribution in [2.45, 2.75) is 44.7 Å². The van der Waals surface area contributed by atoms with Crippen molar-refractivity contribution in [1.29, 1.82) is 0 Å². The van der Waals surface area contributed by atoms with E-state index in [1.54, 1.807) is 7.11 Å². The zero-order valence-electron chi connectivity index (χ0n) is 9.71. The molecule has 0 aromatic rings. The van der Waals surface area contributed by atoms with Gasteiger partial charge in [0.15, 0.2) is 0 Å². The Labute approximate surface area is 91.8 Å². The molecule has 4 heteroatoms. The molecule has 0 aromatic heterocycles. The van der Waals surface area contributed by atoms with E-state index in [9.17, 15) is 4.79 Å². The van der Waals surface area contributed by atoms with Crippen molar-refractivity contribution in [2.75, 3.05) is 20.3 Å². The van der Waals surface area contributed by atoms with Crippen LogP contribution in [-0.4, -0.2) is 38.3 Å². The van der Waals surface area contributed by atoms with Gasteiger partial charge in [0.2, 0.25) is 5.91 Å². The number of methoxy groups -OCH3 is 1. The second-order valence-corrected chi connectivity index (χ2v) is 4.24. The SMILES string of the molecule is COCCC(=O)NCC1CCCC(C)N1. The largest absolute Gasteiger partial charge is 0.384 e. The van der Waals surface area contributed by atoms with E-state index in [4.69, 9.17) is 4.74 Å². The molecule has 0 saturated carbocycles. The summed E-state index contributed by atoms with van der Waals surface area (Å²) in [5, 5.41) is 6.41. The Kier molecular flexibility index (Phi) is 5.65. The molecule has 2 N–H and O–H groups in total. The molecule has 1 aliphatic rings. The summed E-state index contributed by atoms with van der Waals surface area (Å²) in [6.07, 6.45) is 4.12. The van der Waals surface area contributed by atoms with Gasteiger partial charge in [-0.1, -0.05) is 6.42 Å². The lowest BCUT2D eigenvalue weighted by molar-refractivity contribution is -0.122. The Morgan fingerprint density at radius 2 is 2.33 bits per heavy atom. The smallest absolute Gasteiger partial charge is 0.222 e. The third kappa shape index (κ3) is 5.14. The quantitative estimate of drug-likeness (QED) is 0.707. The van der Waals surface area contributed by atoms with Crippen molar-refractivity contribution in [3.63, 3.8) is 0 Å². The number of nitrogens with one attached hydrogen (secondary N) is 2. The summed E-state index contributed by atoms with van der Waals surface area (Å²) in [6.45, 7) is 3.44. The van der Waals surface area contributed by atoms with Crippen LogP contribution in [0.5, 0.6) is 0 Å². The van der Waals surface area contributed by atoms with Crippen LogP contribution in [-0.2, 0) is 9.53 Å². The standard InChI is InChI=1S/C11H22N2O2/c1-9-4-3-5-10(13-9)8-12-11(14)6-7-15-2/h9-10,13H,3-8H2,1-2H3,(H,12,14). The number of ether oxygens (including phenoxy) is 1. The summed E-state index contributed by atoms with van der Waals surface area (Å²) < 4.78 is 4.84. The highest BCUT2D eigenvalue weighted by molar-refractivity contribution is 5.75. The second-order valence-electron chi connectivity index (χ2n) is 4.24. The van der Waals surface area contributed by atoms with E-state index in [1.165, 1.54) is 12.8 Å². The summed E-state index contributed by atoms with van der Waals surface area (Å²) in [4.78, 5) is 11.3. The molecular weight excluding hydrogens is 192 g/mol. The van der Waals surface area contributed by atoms with Crippen LogP contribution in [0.1, 0.15) is 32.6 Å². The van der Waals surface area contributed by atoms with Crippen LogP contribution in [0.25, 0.3) is 0 Å². The zero-order valence-corrected chi connectivity index (χ0v) is 9.71. The van der Waals surface area contributed by atoms with Crippen molar-refractivity contribution in [3.8, 4) is 0 Å². The highest BCUT2D eigenvalue weighted by Crippen LogP contribution is 2.11. The highest BCUT2D eigenvalue weighted by atomic mass is 16.5. The molecule has 4 nitrogen and oxygen atoms in total. The van der Waals surface area contributed by atoms with Crippen molar-refractivity contribution in [3.05, 3.63) is 0 Å². The molecule has 15 heavy (non-hydrogen) atoms. The van der Waals surface area contributed by atoms with Crippen LogP contribution in [0, 0.1) is 0 Å². The lowest BCUT2D eigenvalue weighted by Gasteiger charge is -2.28. The van der Waals surface area contributed by atoms with Gasteiger partial charge in [0.05, 0.1) is 6.61 Å². The van der Waals surface area contributed by atoms with Crippen LogP contribution >= 0.6 is 0 Å².